The van der Waals surface area contributed by atoms with Gasteiger partial charge in [-0.3, -0.25) is 10.2 Å². The summed E-state index contributed by atoms with van der Waals surface area (Å²) in [5.41, 5.74) is 2.42. The molecule has 0 spiro atoms. The molecule has 0 heterocycles. The van der Waals surface area contributed by atoms with Gasteiger partial charge in [-0.2, -0.15) is 5.26 Å². The summed E-state index contributed by atoms with van der Waals surface area (Å²) in [7, 11) is 0. The molecule has 5 heteroatoms. The van der Waals surface area contributed by atoms with E-state index in [-0.39, 0.29) is 6.61 Å². The van der Waals surface area contributed by atoms with Crippen LogP contribution in [0.3, 0.4) is 0 Å². The molecule has 1 rings (SSSR count). The summed E-state index contributed by atoms with van der Waals surface area (Å²) in [6.45, 7) is -0.161. The number of ether oxygens (including phenoxy) is 1. The van der Waals surface area contributed by atoms with Gasteiger partial charge in [0.25, 0.3) is 5.91 Å². The highest BCUT2D eigenvalue weighted by Crippen LogP contribution is 2.11. The zero-order valence-electron chi connectivity index (χ0n) is 7.36. The lowest BCUT2D eigenvalue weighted by Crippen LogP contribution is -2.34. The summed E-state index contributed by atoms with van der Waals surface area (Å²) in [6, 6.07) is 8.49. The molecule has 5 nitrogen and oxygen atoms in total. The fourth-order valence-electron chi connectivity index (χ4n) is 0.846. The van der Waals surface area contributed by atoms with Gasteiger partial charge in [0.2, 0.25) is 0 Å². The van der Waals surface area contributed by atoms with Crippen molar-refractivity contribution in [2.24, 2.45) is 5.84 Å². The van der Waals surface area contributed by atoms with Gasteiger partial charge in [-0.25, -0.2) is 5.84 Å². The molecule has 3 N–H and O–H groups in total. The Morgan fingerprint density at radius 2 is 2.43 bits per heavy atom. The second-order valence-electron chi connectivity index (χ2n) is 2.50. The van der Waals surface area contributed by atoms with Crippen molar-refractivity contribution in [1.29, 1.82) is 5.26 Å². The van der Waals surface area contributed by atoms with Gasteiger partial charge in [-0.15, -0.1) is 0 Å². The molecule has 0 aromatic heterocycles. The fourth-order valence-corrected chi connectivity index (χ4v) is 0.846. The van der Waals surface area contributed by atoms with E-state index < -0.39 is 5.91 Å². The molecule has 1 amide bonds. The van der Waals surface area contributed by atoms with Crippen LogP contribution in [0.15, 0.2) is 24.3 Å². The average Bonchev–Trinajstić information content (AvgIpc) is 2.26. The quantitative estimate of drug-likeness (QED) is 0.397. The standard InChI is InChI=1S/C9H9N3O2/c10-5-7-2-1-3-8(4-7)14-6-9(13)12-11/h1-4H,6,11H2,(H,12,13). The number of hydrazine groups is 1. The highest BCUT2D eigenvalue weighted by molar-refractivity contribution is 5.76. The molecular weight excluding hydrogens is 182 g/mol. The Kier molecular flexibility index (Phi) is 3.47. The first-order valence-corrected chi connectivity index (χ1v) is 3.88. The van der Waals surface area contributed by atoms with Gasteiger partial charge in [0.1, 0.15) is 5.75 Å². The molecule has 0 bridgehead atoms. The van der Waals surface area contributed by atoms with Crippen LogP contribution in [0.5, 0.6) is 5.75 Å². The summed E-state index contributed by atoms with van der Waals surface area (Å²) in [4.78, 5) is 10.7. The van der Waals surface area contributed by atoms with Crippen LogP contribution in [0, 0.1) is 11.3 Å². The van der Waals surface area contributed by atoms with Crippen LogP contribution >= 0.6 is 0 Å². The van der Waals surface area contributed by atoms with Crippen LogP contribution in [0.1, 0.15) is 5.56 Å². The lowest BCUT2D eigenvalue weighted by Gasteiger charge is -2.04. The molecule has 14 heavy (non-hydrogen) atoms. The van der Waals surface area contributed by atoms with E-state index in [1.807, 2.05) is 11.5 Å². The zero-order chi connectivity index (χ0) is 10.4. The summed E-state index contributed by atoms with van der Waals surface area (Å²) in [5, 5.41) is 8.58. The maximum absolute atomic E-state index is 10.7. The number of rotatable bonds is 3. The molecule has 0 saturated heterocycles. The van der Waals surface area contributed by atoms with E-state index in [2.05, 4.69) is 0 Å². The molecule has 0 aliphatic rings. The Hall–Kier alpha value is -2.06. The fraction of sp³-hybridized carbons (Fsp3) is 0.111. The first-order chi connectivity index (χ1) is 6.76. The Morgan fingerprint density at radius 3 is 3.07 bits per heavy atom. The summed E-state index contributed by atoms with van der Waals surface area (Å²) >= 11 is 0. The van der Waals surface area contributed by atoms with E-state index in [4.69, 9.17) is 15.8 Å². The highest BCUT2D eigenvalue weighted by atomic mass is 16.5. The predicted octanol–water partition coefficient (Wildman–Crippen LogP) is -0.0730. The largest absolute Gasteiger partial charge is 0.484 e. The summed E-state index contributed by atoms with van der Waals surface area (Å²) < 4.78 is 5.06. The Balaban J connectivity index is 2.60. The molecule has 0 aliphatic heterocycles. The number of hydrogen-bond acceptors (Lipinski definition) is 4. The van der Waals surface area contributed by atoms with E-state index in [0.717, 1.165) is 0 Å². The van der Waals surface area contributed by atoms with E-state index in [1.54, 1.807) is 24.3 Å². The minimum absolute atomic E-state index is 0.161. The van der Waals surface area contributed by atoms with Crippen molar-refractivity contribution in [2.45, 2.75) is 0 Å². The van der Waals surface area contributed by atoms with Crippen LogP contribution in [-0.2, 0) is 4.79 Å². The summed E-state index contributed by atoms with van der Waals surface area (Å²) in [5.74, 6) is 4.90. The highest BCUT2D eigenvalue weighted by Gasteiger charge is 2.00. The number of carbonyl (C=O) groups is 1. The second kappa shape index (κ2) is 4.84. The van der Waals surface area contributed by atoms with Gasteiger partial charge in [0, 0.05) is 0 Å². The third-order valence-corrected chi connectivity index (χ3v) is 1.49. The van der Waals surface area contributed by atoms with Crippen LogP contribution in [0.25, 0.3) is 0 Å². The number of nitriles is 1. The van der Waals surface area contributed by atoms with Crippen molar-refractivity contribution in [3.8, 4) is 11.8 Å². The lowest BCUT2D eigenvalue weighted by molar-refractivity contribution is -0.123. The second-order valence-corrected chi connectivity index (χ2v) is 2.50. The van der Waals surface area contributed by atoms with E-state index in [9.17, 15) is 4.79 Å². The molecular formula is C9H9N3O2. The predicted molar refractivity (Wildman–Crippen MR) is 49.0 cm³/mol. The van der Waals surface area contributed by atoms with Gasteiger partial charge in [-0.05, 0) is 18.2 Å². The van der Waals surface area contributed by atoms with Gasteiger partial charge in [-0.1, -0.05) is 6.07 Å². The summed E-state index contributed by atoms with van der Waals surface area (Å²) in [6.07, 6.45) is 0. The van der Waals surface area contributed by atoms with Crippen molar-refractivity contribution >= 4 is 5.91 Å². The van der Waals surface area contributed by atoms with Crippen molar-refractivity contribution in [3.05, 3.63) is 29.8 Å². The number of benzene rings is 1. The molecule has 0 fully saturated rings. The Labute approximate surface area is 81.1 Å². The van der Waals surface area contributed by atoms with Crippen molar-refractivity contribution in [2.75, 3.05) is 6.61 Å². The Bertz CT molecular complexity index is 371. The third-order valence-electron chi connectivity index (χ3n) is 1.49. The maximum atomic E-state index is 10.7. The molecule has 0 radical (unpaired) electrons. The maximum Gasteiger partial charge on any atom is 0.271 e. The van der Waals surface area contributed by atoms with Crippen LogP contribution < -0.4 is 16.0 Å². The van der Waals surface area contributed by atoms with Gasteiger partial charge < -0.3 is 4.74 Å². The van der Waals surface area contributed by atoms with Crippen LogP contribution in [0.4, 0.5) is 0 Å². The molecule has 72 valence electrons. The van der Waals surface area contributed by atoms with Crippen molar-refractivity contribution in [1.82, 2.24) is 5.43 Å². The van der Waals surface area contributed by atoms with Gasteiger partial charge in [0.15, 0.2) is 6.61 Å². The number of hydrogen-bond donors (Lipinski definition) is 2. The number of amides is 1. The third kappa shape index (κ3) is 2.77. The minimum Gasteiger partial charge on any atom is -0.484 e. The topological polar surface area (TPSA) is 88.1 Å². The van der Waals surface area contributed by atoms with Crippen LogP contribution in [-0.4, -0.2) is 12.5 Å². The van der Waals surface area contributed by atoms with E-state index >= 15 is 0 Å². The molecule has 1 aromatic carbocycles. The van der Waals surface area contributed by atoms with E-state index in [0.29, 0.717) is 11.3 Å². The molecule has 0 aliphatic carbocycles. The molecule has 1 aromatic rings. The molecule has 0 saturated carbocycles. The molecule has 0 atom stereocenters. The first kappa shape index (κ1) is 10.0. The van der Waals surface area contributed by atoms with Crippen LogP contribution in [0.2, 0.25) is 0 Å². The zero-order valence-corrected chi connectivity index (χ0v) is 7.36. The SMILES string of the molecule is N#Cc1cccc(OCC(=O)NN)c1. The first-order valence-electron chi connectivity index (χ1n) is 3.88. The lowest BCUT2D eigenvalue weighted by atomic mass is 10.2. The molecule has 0 unspecified atom stereocenters. The monoisotopic (exact) mass is 191 g/mol. The van der Waals surface area contributed by atoms with Gasteiger partial charge >= 0.3 is 0 Å². The number of nitrogens with two attached hydrogens (primary N) is 1. The van der Waals surface area contributed by atoms with Gasteiger partial charge in [0.05, 0.1) is 11.6 Å². The Morgan fingerprint density at radius 1 is 1.64 bits per heavy atom. The van der Waals surface area contributed by atoms with Crippen molar-refractivity contribution in [3.63, 3.8) is 0 Å². The minimum atomic E-state index is -0.424. The van der Waals surface area contributed by atoms with Crippen molar-refractivity contribution < 1.29 is 9.53 Å². The average molecular weight is 191 g/mol. The number of nitrogens with one attached hydrogen (secondary N) is 1. The van der Waals surface area contributed by atoms with E-state index in [1.165, 1.54) is 0 Å². The number of carbonyl (C=O) groups excluding carboxylic acids is 1. The number of nitrogens with zero attached hydrogens (tertiary/aromatic N) is 1. The smallest absolute Gasteiger partial charge is 0.271 e. The normalized spacial score (nSPS) is 8.86.